The molecular weight excluding hydrogens is 181 g/mol. The average Bonchev–Trinajstić information content (AvgIpc) is 2.01. The van der Waals surface area contributed by atoms with Gasteiger partial charge in [-0.15, -0.1) is 0 Å². The second-order valence-corrected chi connectivity index (χ2v) is 2.46. The zero-order chi connectivity index (χ0) is 10.1. The minimum absolute atomic E-state index is 0.0130. The largest absolute Gasteiger partial charge is 0.419 e. The fourth-order valence-corrected chi connectivity index (χ4v) is 1.00. The van der Waals surface area contributed by atoms with Crippen molar-refractivity contribution in [1.29, 1.82) is 5.26 Å². The summed E-state index contributed by atoms with van der Waals surface area (Å²) in [6, 6.07) is 2.64. The summed E-state index contributed by atoms with van der Waals surface area (Å²) < 4.78 is 36.9. The Bertz CT molecular complexity index is 363. The zero-order valence-electron chi connectivity index (χ0n) is 6.68. The molecule has 0 N–H and O–H groups in total. The van der Waals surface area contributed by atoms with Crippen LogP contribution in [0, 0.1) is 18.3 Å². The van der Waals surface area contributed by atoms with Crippen LogP contribution in [0.15, 0.2) is 12.3 Å². The maximum Gasteiger partial charge on any atom is 0.419 e. The first kappa shape index (κ1) is 9.52. The molecule has 2 nitrogen and oxygen atoms in total. The summed E-state index contributed by atoms with van der Waals surface area (Å²) in [4.78, 5) is 3.34. The lowest BCUT2D eigenvalue weighted by Gasteiger charge is -2.09. The number of aromatic nitrogens is 1. The predicted molar refractivity (Wildman–Crippen MR) is 38.7 cm³/mol. The van der Waals surface area contributed by atoms with E-state index in [2.05, 4.69) is 4.98 Å². The number of hydrogen-bond donors (Lipinski definition) is 0. The molecule has 0 unspecified atom stereocenters. The molecule has 0 aliphatic carbocycles. The normalized spacial score (nSPS) is 11.0. The van der Waals surface area contributed by atoms with E-state index in [1.165, 1.54) is 25.3 Å². The van der Waals surface area contributed by atoms with Crippen LogP contribution in [-0.4, -0.2) is 4.98 Å². The molecule has 0 saturated heterocycles. The van der Waals surface area contributed by atoms with Crippen LogP contribution in [0.2, 0.25) is 0 Å². The maximum atomic E-state index is 12.3. The van der Waals surface area contributed by atoms with Crippen molar-refractivity contribution in [3.05, 3.63) is 29.1 Å². The van der Waals surface area contributed by atoms with E-state index < -0.39 is 17.4 Å². The molecule has 1 rings (SSSR count). The number of hydrogen-bond acceptors (Lipinski definition) is 2. The first-order valence-corrected chi connectivity index (χ1v) is 3.39. The van der Waals surface area contributed by atoms with Crippen molar-refractivity contribution in [2.75, 3.05) is 0 Å². The number of aryl methyl sites for hydroxylation is 1. The fraction of sp³-hybridized carbons (Fsp3) is 0.250. The van der Waals surface area contributed by atoms with E-state index in [1.54, 1.807) is 0 Å². The Morgan fingerprint density at radius 3 is 2.46 bits per heavy atom. The molecule has 13 heavy (non-hydrogen) atoms. The smallest absolute Gasteiger partial charge is 0.245 e. The van der Waals surface area contributed by atoms with Gasteiger partial charge in [0.25, 0.3) is 0 Å². The molecule has 5 heteroatoms. The van der Waals surface area contributed by atoms with Crippen molar-refractivity contribution in [1.82, 2.24) is 4.98 Å². The Balaban J connectivity index is 3.43. The molecule has 1 aromatic rings. The van der Waals surface area contributed by atoms with E-state index in [9.17, 15) is 13.2 Å². The van der Waals surface area contributed by atoms with Gasteiger partial charge in [0.1, 0.15) is 6.07 Å². The third-order valence-electron chi connectivity index (χ3n) is 1.55. The topological polar surface area (TPSA) is 36.7 Å². The van der Waals surface area contributed by atoms with Gasteiger partial charge in [-0.2, -0.15) is 18.4 Å². The van der Waals surface area contributed by atoms with Gasteiger partial charge < -0.3 is 0 Å². The summed E-state index contributed by atoms with van der Waals surface area (Å²) in [6.45, 7) is 1.30. The lowest BCUT2D eigenvalue weighted by atomic mass is 10.1. The molecule has 0 aromatic carbocycles. The van der Waals surface area contributed by atoms with Gasteiger partial charge in [-0.25, -0.2) is 4.98 Å². The molecule has 0 amide bonds. The molecule has 0 bridgehead atoms. The lowest BCUT2D eigenvalue weighted by molar-refractivity contribution is -0.138. The number of halogens is 3. The minimum atomic E-state index is -4.51. The third-order valence-corrected chi connectivity index (χ3v) is 1.55. The van der Waals surface area contributed by atoms with Crippen molar-refractivity contribution in [3.63, 3.8) is 0 Å². The minimum Gasteiger partial charge on any atom is -0.245 e. The zero-order valence-corrected chi connectivity index (χ0v) is 6.68. The van der Waals surface area contributed by atoms with Crippen molar-refractivity contribution in [2.45, 2.75) is 13.1 Å². The van der Waals surface area contributed by atoms with E-state index in [1.807, 2.05) is 0 Å². The van der Waals surface area contributed by atoms with Crippen LogP contribution < -0.4 is 0 Å². The van der Waals surface area contributed by atoms with Gasteiger partial charge in [-0.05, 0) is 18.6 Å². The molecular formula is C8H5F3N2. The highest BCUT2D eigenvalue weighted by Crippen LogP contribution is 2.33. The molecule has 0 atom stereocenters. The summed E-state index contributed by atoms with van der Waals surface area (Å²) in [5.41, 5.74) is -1.51. The molecule has 0 spiro atoms. The fourth-order valence-electron chi connectivity index (χ4n) is 1.00. The van der Waals surface area contributed by atoms with Gasteiger partial charge in [0.15, 0.2) is 5.69 Å². The van der Waals surface area contributed by atoms with Crippen LogP contribution in [0.25, 0.3) is 0 Å². The highest BCUT2D eigenvalue weighted by atomic mass is 19.4. The van der Waals surface area contributed by atoms with Crippen molar-refractivity contribution in [3.8, 4) is 6.07 Å². The first-order valence-electron chi connectivity index (χ1n) is 3.39. The quantitative estimate of drug-likeness (QED) is 0.623. The molecule has 0 fully saturated rings. The number of nitriles is 1. The van der Waals surface area contributed by atoms with Crippen LogP contribution in [0.1, 0.15) is 16.8 Å². The predicted octanol–water partition coefficient (Wildman–Crippen LogP) is 2.28. The van der Waals surface area contributed by atoms with Crippen LogP contribution in [0.4, 0.5) is 13.2 Å². The molecule has 68 valence electrons. The molecule has 0 aliphatic heterocycles. The van der Waals surface area contributed by atoms with Crippen LogP contribution in [0.5, 0.6) is 0 Å². The first-order chi connectivity index (χ1) is 5.96. The lowest BCUT2D eigenvalue weighted by Crippen LogP contribution is -2.11. The van der Waals surface area contributed by atoms with Gasteiger partial charge in [0, 0.05) is 6.20 Å². The Labute approximate surface area is 72.6 Å². The second kappa shape index (κ2) is 3.05. The Morgan fingerprint density at radius 2 is 2.08 bits per heavy atom. The number of pyridine rings is 1. The Kier molecular flexibility index (Phi) is 2.24. The molecule has 0 saturated carbocycles. The number of rotatable bonds is 0. The number of nitrogens with zero attached hydrogens (tertiary/aromatic N) is 2. The van der Waals surface area contributed by atoms with Gasteiger partial charge >= 0.3 is 6.18 Å². The van der Waals surface area contributed by atoms with Crippen LogP contribution >= 0.6 is 0 Å². The SMILES string of the molecule is Cc1ccnc(C#N)c1C(F)(F)F. The van der Waals surface area contributed by atoms with Crippen LogP contribution in [-0.2, 0) is 6.18 Å². The van der Waals surface area contributed by atoms with Crippen molar-refractivity contribution in [2.24, 2.45) is 0 Å². The summed E-state index contributed by atoms with van der Waals surface area (Å²) in [7, 11) is 0. The van der Waals surface area contributed by atoms with E-state index in [0.29, 0.717) is 0 Å². The number of alkyl halides is 3. The highest BCUT2D eigenvalue weighted by molar-refractivity contribution is 5.38. The highest BCUT2D eigenvalue weighted by Gasteiger charge is 2.35. The maximum absolute atomic E-state index is 12.3. The summed E-state index contributed by atoms with van der Waals surface area (Å²) in [5.74, 6) is 0. The Hall–Kier alpha value is -1.57. The van der Waals surface area contributed by atoms with Gasteiger partial charge in [-0.1, -0.05) is 0 Å². The van der Waals surface area contributed by atoms with E-state index >= 15 is 0 Å². The van der Waals surface area contributed by atoms with Gasteiger partial charge in [0.05, 0.1) is 5.56 Å². The summed E-state index contributed by atoms with van der Waals surface area (Å²) in [5, 5.41) is 8.39. The molecule has 0 aliphatic rings. The Morgan fingerprint density at radius 1 is 1.46 bits per heavy atom. The monoisotopic (exact) mass is 186 g/mol. The van der Waals surface area contributed by atoms with E-state index in [0.717, 1.165) is 0 Å². The van der Waals surface area contributed by atoms with E-state index in [-0.39, 0.29) is 5.56 Å². The second-order valence-electron chi connectivity index (χ2n) is 2.46. The van der Waals surface area contributed by atoms with E-state index in [4.69, 9.17) is 5.26 Å². The standard InChI is InChI=1S/C8H5F3N2/c1-5-2-3-13-6(4-12)7(5)8(9,10)11/h2-3H,1H3. The third kappa shape index (κ3) is 1.78. The van der Waals surface area contributed by atoms with Crippen molar-refractivity contribution >= 4 is 0 Å². The summed E-state index contributed by atoms with van der Waals surface area (Å²) >= 11 is 0. The average molecular weight is 186 g/mol. The van der Waals surface area contributed by atoms with Crippen molar-refractivity contribution < 1.29 is 13.2 Å². The van der Waals surface area contributed by atoms with Gasteiger partial charge in [0.2, 0.25) is 0 Å². The molecule has 1 heterocycles. The van der Waals surface area contributed by atoms with Gasteiger partial charge in [-0.3, -0.25) is 0 Å². The summed E-state index contributed by atoms with van der Waals surface area (Å²) in [6.07, 6.45) is -3.33. The van der Waals surface area contributed by atoms with Crippen LogP contribution in [0.3, 0.4) is 0 Å². The molecule has 1 aromatic heterocycles. The molecule has 0 radical (unpaired) electrons.